The normalized spacial score (nSPS) is 13.1. The van der Waals surface area contributed by atoms with E-state index in [0.717, 1.165) is 33.2 Å². The molecule has 0 aliphatic carbocycles. The first-order valence-corrected chi connectivity index (χ1v) is 13.7. The highest BCUT2D eigenvalue weighted by Gasteiger charge is 2.34. The van der Waals surface area contributed by atoms with Gasteiger partial charge in [0.05, 0.1) is 12.1 Å². The van der Waals surface area contributed by atoms with Crippen LogP contribution in [0.5, 0.6) is 0 Å². The van der Waals surface area contributed by atoms with Crippen LogP contribution in [-0.4, -0.2) is 23.0 Å². The molecule has 0 spiro atoms. The number of fused-ring (bicyclic) bond motifs is 2. The van der Waals surface area contributed by atoms with E-state index in [-0.39, 0.29) is 11.8 Å². The number of aromatic nitrogens is 1. The van der Waals surface area contributed by atoms with Gasteiger partial charge in [-0.2, -0.15) is 0 Å². The first kappa shape index (κ1) is 25.7. The lowest BCUT2D eigenvalue weighted by atomic mass is 9.89. The molecule has 2 heterocycles. The molecule has 0 aliphatic heterocycles. The molecule has 40 heavy (non-hydrogen) atoms. The van der Waals surface area contributed by atoms with E-state index >= 15 is 0 Å². The Hall–Kier alpha value is -4.61. The zero-order valence-corrected chi connectivity index (χ0v) is 22.6. The SMILES string of the molecule is CC(Cc1c[nH]c2ccccc12)(NCc1cc2ccccc2o1)C(=O)NCC(c1ccccc1)c1ccccc1. The third kappa shape index (κ3) is 5.42. The number of hydrogen-bond acceptors (Lipinski definition) is 3. The van der Waals surface area contributed by atoms with Gasteiger partial charge in [-0.05, 0) is 41.8 Å². The Bertz CT molecular complexity index is 1650. The molecule has 1 atom stereocenters. The summed E-state index contributed by atoms with van der Waals surface area (Å²) in [5.74, 6) is 0.787. The van der Waals surface area contributed by atoms with Gasteiger partial charge in [0.2, 0.25) is 5.91 Å². The second kappa shape index (κ2) is 11.2. The van der Waals surface area contributed by atoms with Crippen molar-refractivity contribution >= 4 is 27.8 Å². The lowest BCUT2D eigenvalue weighted by Gasteiger charge is -2.30. The summed E-state index contributed by atoms with van der Waals surface area (Å²) < 4.78 is 6.06. The van der Waals surface area contributed by atoms with Crippen LogP contribution in [0.15, 0.2) is 126 Å². The minimum Gasteiger partial charge on any atom is -0.460 e. The highest BCUT2D eigenvalue weighted by Crippen LogP contribution is 2.27. The van der Waals surface area contributed by atoms with Crippen molar-refractivity contribution in [2.45, 2.75) is 31.3 Å². The number of furan rings is 1. The van der Waals surface area contributed by atoms with Gasteiger partial charge in [-0.15, -0.1) is 0 Å². The lowest BCUT2D eigenvalue weighted by Crippen LogP contribution is -2.56. The summed E-state index contributed by atoms with van der Waals surface area (Å²) in [6, 6.07) is 38.9. The molecule has 6 aromatic rings. The zero-order valence-electron chi connectivity index (χ0n) is 22.6. The third-order valence-electron chi connectivity index (χ3n) is 7.72. The van der Waals surface area contributed by atoms with E-state index in [0.29, 0.717) is 19.5 Å². The van der Waals surface area contributed by atoms with E-state index in [1.54, 1.807) is 0 Å². The Morgan fingerprint density at radius 1 is 0.850 bits per heavy atom. The Balaban J connectivity index is 1.27. The van der Waals surface area contributed by atoms with Crippen LogP contribution in [0.2, 0.25) is 0 Å². The number of rotatable bonds is 10. The number of H-pyrrole nitrogens is 1. The number of para-hydroxylation sites is 2. The quantitative estimate of drug-likeness (QED) is 0.180. The molecule has 5 heteroatoms. The summed E-state index contributed by atoms with van der Waals surface area (Å²) >= 11 is 0. The Kier molecular flexibility index (Phi) is 7.21. The van der Waals surface area contributed by atoms with Gasteiger partial charge in [0, 0.05) is 41.4 Å². The molecule has 1 amide bonds. The molecule has 0 fully saturated rings. The molecular weight excluding hydrogens is 494 g/mol. The predicted molar refractivity (Wildman–Crippen MR) is 161 cm³/mol. The van der Waals surface area contributed by atoms with E-state index in [1.165, 1.54) is 11.1 Å². The van der Waals surface area contributed by atoms with Gasteiger partial charge >= 0.3 is 0 Å². The number of benzene rings is 4. The number of hydrogen-bond donors (Lipinski definition) is 3. The molecule has 200 valence electrons. The van der Waals surface area contributed by atoms with Gasteiger partial charge in [0.1, 0.15) is 11.3 Å². The fraction of sp³-hybridized carbons (Fsp3) is 0.171. The van der Waals surface area contributed by atoms with Crippen LogP contribution in [0.4, 0.5) is 0 Å². The van der Waals surface area contributed by atoms with E-state index in [9.17, 15) is 4.79 Å². The van der Waals surface area contributed by atoms with Crippen molar-refractivity contribution in [1.29, 1.82) is 0 Å². The molecular formula is C35H33N3O2. The second-order valence-corrected chi connectivity index (χ2v) is 10.6. The molecule has 0 saturated carbocycles. The fourth-order valence-corrected chi connectivity index (χ4v) is 5.48. The van der Waals surface area contributed by atoms with Crippen molar-refractivity contribution in [2.75, 3.05) is 6.54 Å². The van der Waals surface area contributed by atoms with Crippen molar-refractivity contribution in [2.24, 2.45) is 0 Å². The predicted octanol–water partition coefficient (Wildman–Crippen LogP) is 6.95. The summed E-state index contributed by atoms with van der Waals surface area (Å²) in [7, 11) is 0. The Labute approximate surface area is 234 Å². The first-order valence-electron chi connectivity index (χ1n) is 13.7. The highest BCUT2D eigenvalue weighted by atomic mass is 16.3. The van der Waals surface area contributed by atoms with Crippen LogP contribution in [0.25, 0.3) is 21.9 Å². The number of carbonyl (C=O) groups excluding carboxylic acids is 1. The molecule has 0 aliphatic rings. The molecule has 3 N–H and O–H groups in total. The molecule has 2 aromatic heterocycles. The fourth-order valence-electron chi connectivity index (χ4n) is 5.48. The maximum atomic E-state index is 14.1. The van der Waals surface area contributed by atoms with Crippen LogP contribution in [-0.2, 0) is 17.8 Å². The minimum atomic E-state index is -0.887. The van der Waals surface area contributed by atoms with Gasteiger partial charge in [-0.1, -0.05) is 97.1 Å². The van der Waals surface area contributed by atoms with Crippen molar-refractivity contribution in [3.8, 4) is 0 Å². The van der Waals surface area contributed by atoms with Crippen molar-refractivity contribution in [3.05, 3.63) is 144 Å². The lowest BCUT2D eigenvalue weighted by molar-refractivity contribution is -0.127. The van der Waals surface area contributed by atoms with Crippen LogP contribution in [0.3, 0.4) is 0 Å². The van der Waals surface area contributed by atoms with E-state index < -0.39 is 5.54 Å². The van der Waals surface area contributed by atoms with Crippen LogP contribution < -0.4 is 10.6 Å². The summed E-state index contributed by atoms with van der Waals surface area (Å²) in [6.07, 6.45) is 2.53. The topological polar surface area (TPSA) is 70.1 Å². The first-order chi connectivity index (χ1) is 19.6. The number of amides is 1. The maximum Gasteiger partial charge on any atom is 0.240 e. The van der Waals surface area contributed by atoms with Crippen LogP contribution in [0, 0.1) is 0 Å². The number of carbonyl (C=O) groups is 1. The molecule has 6 rings (SSSR count). The minimum absolute atomic E-state index is 0.0408. The Morgan fingerprint density at radius 3 is 2.23 bits per heavy atom. The van der Waals surface area contributed by atoms with Gasteiger partial charge in [-0.25, -0.2) is 0 Å². The Morgan fingerprint density at radius 2 is 1.50 bits per heavy atom. The molecule has 5 nitrogen and oxygen atoms in total. The van der Waals surface area contributed by atoms with Crippen molar-refractivity contribution < 1.29 is 9.21 Å². The van der Waals surface area contributed by atoms with Crippen molar-refractivity contribution in [1.82, 2.24) is 15.6 Å². The standard InChI is InChI=1S/C35H33N3O2/c1-35(21-28-22-36-32-18-10-9-17-30(28)32,38-23-29-20-27-16-8-11-19-33(27)40-29)34(39)37-24-31(25-12-4-2-5-13-25)26-14-6-3-7-15-26/h2-20,22,31,36,38H,21,23-24H2,1H3,(H,37,39). The van der Waals surface area contributed by atoms with Crippen LogP contribution in [0.1, 0.15) is 35.3 Å². The van der Waals surface area contributed by atoms with E-state index in [4.69, 9.17) is 4.42 Å². The number of nitrogens with one attached hydrogen (secondary N) is 3. The smallest absolute Gasteiger partial charge is 0.240 e. The molecule has 0 saturated heterocycles. The number of aromatic amines is 1. The summed E-state index contributed by atoms with van der Waals surface area (Å²) in [4.78, 5) is 17.4. The zero-order chi connectivity index (χ0) is 27.4. The molecule has 4 aromatic carbocycles. The van der Waals surface area contributed by atoms with Gasteiger partial charge in [0.15, 0.2) is 0 Å². The summed E-state index contributed by atoms with van der Waals surface area (Å²) in [5.41, 5.74) is 4.45. The van der Waals surface area contributed by atoms with Crippen LogP contribution >= 0.6 is 0 Å². The highest BCUT2D eigenvalue weighted by molar-refractivity contribution is 5.89. The summed E-state index contributed by atoms with van der Waals surface area (Å²) in [5, 5.41) is 9.04. The molecule has 1 unspecified atom stereocenters. The summed E-state index contributed by atoms with van der Waals surface area (Å²) in [6.45, 7) is 2.90. The third-order valence-corrected chi connectivity index (χ3v) is 7.72. The van der Waals surface area contributed by atoms with Gasteiger partial charge in [0.25, 0.3) is 0 Å². The van der Waals surface area contributed by atoms with E-state index in [2.05, 4.69) is 52.0 Å². The monoisotopic (exact) mass is 527 g/mol. The molecule has 0 bridgehead atoms. The van der Waals surface area contributed by atoms with Crippen molar-refractivity contribution in [3.63, 3.8) is 0 Å². The molecule has 0 radical (unpaired) electrons. The van der Waals surface area contributed by atoms with Gasteiger partial charge in [-0.3, -0.25) is 10.1 Å². The largest absolute Gasteiger partial charge is 0.460 e. The second-order valence-electron chi connectivity index (χ2n) is 10.6. The maximum absolute atomic E-state index is 14.1. The van der Waals surface area contributed by atoms with Gasteiger partial charge < -0.3 is 14.7 Å². The average molecular weight is 528 g/mol. The van der Waals surface area contributed by atoms with E-state index in [1.807, 2.05) is 92.0 Å². The average Bonchev–Trinajstić information content (AvgIpc) is 3.61.